The summed E-state index contributed by atoms with van der Waals surface area (Å²) in [5.41, 5.74) is 3.15. The van der Waals surface area contributed by atoms with Crippen LogP contribution >= 0.6 is 0 Å². The highest BCUT2D eigenvalue weighted by atomic mass is 16.5. The Kier molecular flexibility index (Phi) is 6.59. The number of amides is 1. The van der Waals surface area contributed by atoms with Gasteiger partial charge in [-0.3, -0.25) is 4.79 Å². The third-order valence-electron chi connectivity index (χ3n) is 8.54. The first-order chi connectivity index (χ1) is 18.9. The van der Waals surface area contributed by atoms with Gasteiger partial charge in [0.1, 0.15) is 22.7 Å². The van der Waals surface area contributed by atoms with Crippen LogP contribution < -0.4 is 10.1 Å². The van der Waals surface area contributed by atoms with Crippen molar-refractivity contribution < 1.29 is 14.6 Å². The van der Waals surface area contributed by atoms with E-state index in [1.54, 1.807) is 18.1 Å². The molecule has 1 atom stereocenters. The Morgan fingerprint density at radius 2 is 2.08 bits per heavy atom. The number of likely N-dealkylation sites (tertiary alicyclic amines) is 1. The Morgan fingerprint density at radius 1 is 1.28 bits per heavy atom. The third-order valence-corrected chi connectivity index (χ3v) is 8.54. The number of aliphatic imine (C=N–C) groups is 1. The van der Waals surface area contributed by atoms with Gasteiger partial charge in [0, 0.05) is 30.8 Å². The first kappa shape index (κ1) is 25.8. The third kappa shape index (κ3) is 4.47. The first-order valence-corrected chi connectivity index (χ1v) is 14.0. The largest absolute Gasteiger partial charge is 0.494 e. The van der Waals surface area contributed by atoms with Gasteiger partial charge in [0.15, 0.2) is 5.82 Å². The summed E-state index contributed by atoms with van der Waals surface area (Å²) in [6, 6.07) is 5.79. The number of aliphatic hydroxyl groups is 1. The van der Waals surface area contributed by atoms with Gasteiger partial charge in [-0.2, -0.15) is 0 Å². The average molecular weight is 531 g/mol. The van der Waals surface area contributed by atoms with E-state index < -0.39 is 5.60 Å². The molecule has 1 saturated carbocycles. The second-order valence-electron chi connectivity index (χ2n) is 11.3. The van der Waals surface area contributed by atoms with Crippen LogP contribution in [0.4, 0.5) is 5.82 Å². The van der Waals surface area contributed by atoms with Crippen molar-refractivity contribution in [3.63, 3.8) is 0 Å². The zero-order valence-corrected chi connectivity index (χ0v) is 23.1. The summed E-state index contributed by atoms with van der Waals surface area (Å²) < 4.78 is 10.0. The highest BCUT2D eigenvalue weighted by Crippen LogP contribution is 2.40. The molecule has 3 aromatic rings. The number of rotatable bonds is 8. The number of fused-ring (bicyclic) bond motifs is 1. The predicted molar refractivity (Wildman–Crippen MR) is 154 cm³/mol. The number of hydrogen-bond donors (Lipinski definition) is 2. The molecule has 0 bridgehead atoms. The van der Waals surface area contributed by atoms with Gasteiger partial charge in [0.25, 0.3) is 5.91 Å². The summed E-state index contributed by atoms with van der Waals surface area (Å²) in [4.78, 5) is 24.6. The molecule has 1 aliphatic carbocycles. The molecule has 9 nitrogen and oxygen atoms in total. The van der Waals surface area contributed by atoms with Crippen LogP contribution in [0, 0.1) is 5.92 Å². The quantitative estimate of drug-likeness (QED) is 0.427. The fourth-order valence-electron chi connectivity index (χ4n) is 6.26. The van der Waals surface area contributed by atoms with E-state index in [-0.39, 0.29) is 11.9 Å². The van der Waals surface area contributed by atoms with Crippen molar-refractivity contribution in [2.45, 2.75) is 57.2 Å². The number of ether oxygens (including phenoxy) is 1. The van der Waals surface area contributed by atoms with Crippen LogP contribution in [0.1, 0.15) is 54.9 Å². The summed E-state index contributed by atoms with van der Waals surface area (Å²) in [5, 5.41) is 14.5. The van der Waals surface area contributed by atoms with Gasteiger partial charge in [0.2, 0.25) is 0 Å². The van der Waals surface area contributed by atoms with E-state index in [1.165, 1.54) is 12.8 Å². The summed E-state index contributed by atoms with van der Waals surface area (Å²) in [5.74, 6) is 2.76. The molecular weight excluding hydrogens is 492 g/mol. The summed E-state index contributed by atoms with van der Waals surface area (Å²) in [7, 11) is 3.60. The lowest BCUT2D eigenvalue weighted by atomic mass is 9.81. The fourth-order valence-corrected chi connectivity index (χ4v) is 6.26. The fraction of sp³-hybridized carbons (Fsp3) is 0.500. The van der Waals surface area contributed by atoms with E-state index in [2.05, 4.69) is 27.7 Å². The standard InChI is InChI=1S/C30H38N6O3/c1-5-8-20-14-23(36(27(20)31-2)16-19-10-11-19)28-33-22-13-21(15-24(39-4)26(22)34(28)3)29(37)35-17-30(38,18-35)25-9-6-7-12-32-25/h5,8,13-15,19,25,32,38H,2,6-7,9-12,16-18H2,1,3-4H3/b8-5-/t25-/m0/s1. The number of benzene rings is 1. The zero-order valence-electron chi connectivity index (χ0n) is 23.1. The lowest BCUT2D eigenvalue weighted by Gasteiger charge is -2.51. The van der Waals surface area contributed by atoms with Gasteiger partial charge in [-0.25, -0.2) is 9.98 Å². The second-order valence-corrected chi connectivity index (χ2v) is 11.3. The second kappa shape index (κ2) is 9.95. The Bertz CT molecular complexity index is 1450. The highest BCUT2D eigenvalue weighted by molar-refractivity contribution is 6.00. The zero-order chi connectivity index (χ0) is 27.3. The van der Waals surface area contributed by atoms with Gasteiger partial charge < -0.3 is 29.2 Å². The summed E-state index contributed by atoms with van der Waals surface area (Å²) in [6.45, 7) is 8.29. The minimum atomic E-state index is -0.864. The Morgan fingerprint density at radius 3 is 2.72 bits per heavy atom. The van der Waals surface area contributed by atoms with Crippen LogP contribution in [0.15, 0.2) is 29.3 Å². The molecule has 9 heteroatoms. The molecule has 1 amide bonds. The molecule has 3 aliphatic rings. The highest BCUT2D eigenvalue weighted by Gasteiger charge is 2.49. The number of nitrogens with zero attached hydrogens (tertiary/aromatic N) is 5. The molecule has 2 aliphatic heterocycles. The number of aromatic nitrogens is 3. The lowest BCUT2D eigenvalue weighted by Crippen LogP contribution is -2.72. The molecule has 3 fully saturated rings. The lowest BCUT2D eigenvalue weighted by molar-refractivity contribution is -0.108. The number of piperidine rings is 1. The Labute approximate surface area is 229 Å². The van der Waals surface area contributed by atoms with Crippen LogP contribution in [0.2, 0.25) is 0 Å². The number of carbonyl (C=O) groups excluding carboxylic acids is 1. The number of imidazole rings is 1. The number of allylic oxidation sites excluding steroid dienone is 1. The minimum Gasteiger partial charge on any atom is -0.494 e. The van der Waals surface area contributed by atoms with Crippen LogP contribution in [-0.2, 0) is 13.6 Å². The maximum atomic E-state index is 13.5. The molecule has 2 N–H and O–H groups in total. The molecule has 0 unspecified atom stereocenters. The normalized spacial score (nSPS) is 20.9. The SMILES string of the molecule is C=Nc1c(/C=C\C)cc(-c2nc3cc(C(=O)N4CC(O)([C@@H]5CCCCN5)C4)cc(OC)c3n2C)n1CC1CC1. The number of methoxy groups -OCH3 is 1. The van der Waals surface area contributed by atoms with Gasteiger partial charge in [-0.1, -0.05) is 18.6 Å². The Hall–Kier alpha value is -3.43. The predicted octanol–water partition coefficient (Wildman–Crippen LogP) is 4.15. The van der Waals surface area contributed by atoms with Crippen molar-refractivity contribution >= 4 is 35.6 Å². The van der Waals surface area contributed by atoms with E-state index in [9.17, 15) is 9.90 Å². The first-order valence-electron chi connectivity index (χ1n) is 14.0. The van der Waals surface area contributed by atoms with E-state index in [0.29, 0.717) is 35.8 Å². The molecule has 6 rings (SSSR count). The van der Waals surface area contributed by atoms with Crippen molar-refractivity contribution in [2.24, 2.45) is 18.0 Å². The van der Waals surface area contributed by atoms with Crippen molar-refractivity contribution in [3.05, 3.63) is 35.4 Å². The van der Waals surface area contributed by atoms with Crippen molar-refractivity contribution in [1.82, 2.24) is 24.3 Å². The molecule has 0 spiro atoms. The number of β-amino-alcohol motifs (C(OH)–C–C–N with tert-alkyl or cyclic N) is 1. The maximum Gasteiger partial charge on any atom is 0.254 e. The van der Waals surface area contributed by atoms with E-state index in [4.69, 9.17) is 9.72 Å². The van der Waals surface area contributed by atoms with Gasteiger partial charge >= 0.3 is 0 Å². The van der Waals surface area contributed by atoms with Crippen LogP contribution in [-0.4, -0.2) is 75.1 Å². The van der Waals surface area contributed by atoms with Crippen molar-refractivity contribution in [1.29, 1.82) is 0 Å². The summed E-state index contributed by atoms with van der Waals surface area (Å²) in [6.07, 6.45) is 9.67. The van der Waals surface area contributed by atoms with Crippen molar-refractivity contribution in [3.8, 4) is 17.3 Å². The van der Waals surface area contributed by atoms with E-state index in [0.717, 1.165) is 60.8 Å². The molecular formula is C30H38N6O3. The topological polar surface area (TPSA) is 96.9 Å². The number of hydrogen-bond acceptors (Lipinski definition) is 6. The minimum absolute atomic E-state index is 0.0416. The van der Waals surface area contributed by atoms with E-state index in [1.807, 2.05) is 36.8 Å². The Balaban J connectivity index is 1.35. The molecule has 1 aromatic carbocycles. The van der Waals surface area contributed by atoms with Crippen LogP contribution in [0.5, 0.6) is 5.75 Å². The van der Waals surface area contributed by atoms with Gasteiger partial charge in [-0.05, 0) is 70.0 Å². The average Bonchev–Trinajstić information content (AvgIpc) is 3.61. The van der Waals surface area contributed by atoms with Crippen molar-refractivity contribution in [2.75, 3.05) is 26.7 Å². The number of carbonyl (C=O) groups is 1. The molecule has 4 heterocycles. The monoisotopic (exact) mass is 530 g/mol. The smallest absolute Gasteiger partial charge is 0.254 e. The van der Waals surface area contributed by atoms with Gasteiger partial charge in [-0.15, -0.1) is 0 Å². The molecule has 206 valence electrons. The molecule has 2 saturated heterocycles. The maximum absolute atomic E-state index is 13.5. The number of nitrogens with one attached hydrogen (secondary N) is 1. The summed E-state index contributed by atoms with van der Waals surface area (Å²) >= 11 is 0. The van der Waals surface area contributed by atoms with Gasteiger partial charge in [0.05, 0.1) is 31.4 Å². The molecule has 2 aromatic heterocycles. The molecule has 0 radical (unpaired) electrons. The number of aryl methyl sites for hydroxylation is 1. The van der Waals surface area contributed by atoms with E-state index >= 15 is 0 Å². The van der Waals surface area contributed by atoms with Crippen LogP contribution in [0.3, 0.4) is 0 Å². The molecule has 39 heavy (non-hydrogen) atoms. The van der Waals surface area contributed by atoms with Crippen LogP contribution in [0.25, 0.3) is 28.6 Å².